The fourth-order valence-electron chi connectivity index (χ4n) is 4.03. The molecule has 0 aromatic heterocycles. The lowest BCUT2D eigenvalue weighted by molar-refractivity contribution is -0.0944. The van der Waals surface area contributed by atoms with E-state index in [2.05, 4.69) is 48.7 Å². The summed E-state index contributed by atoms with van der Waals surface area (Å²) in [6, 6.07) is 10.7. The standard InChI is InChI=1S/C18H25NO/c1-3-10-19-11-9-18(14-19)12-15(2)20-17(13-18)16-7-5-4-6-8-16/h3-8,15,17H,1,9-14H2,2H3/t15-,17+,18+/m0/s1. The maximum Gasteiger partial charge on any atom is 0.0834 e. The molecule has 0 bridgehead atoms. The first kappa shape index (κ1) is 13.8. The zero-order chi connectivity index (χ0) is 14.0. The van der Waals surface area contributed by atoms with Gasteiger partial charge in [0.25, 0.3) is 0 Å². The number of likely N-dealkylation sites (tertiary alicyclic amines) is 1. The molecule has 108 valence electrons. The first-order valence-electron chi connectivity index (χ1n) is 7.74. The van der Waals surface area contributed by atoms with E-state index in [1.807, 2.05) is 6.08 Å². The molecule has 2 heterocycles. The van der Waals surface area contributed by atoms with Gasteiger partial charge in [0.15, 0.2) is 0 Å². The SMILES string of the molecule is C=CCN1CC[C@]2(C[C@H](C)O[C@@H](c3ccccc3)C2)C1. The summed E-state index contributed by atoms with van der Waals surface area (Å²) in [6.07, 6.45) is 6.31. The van der Waals surface area contributed by atoms with Crippen LogP contribution in [0.2, 0.25) is 0 Å². The molecular formula is C18H25NO. The minimum Gasteiger partial charge on any atom is -0.371 e. The first-order valence-corrected chi connectivity index (χ1v) is 7.74. The van der Waals surface area contributed by atoms with Gasteiger partial charge in [-0.3, -0.25) is 4.90 Å². The van der Waals surface area contributed by atoms with Crippen LogP contribution in [0.15, 0.2) is 43.0 Å². The first-order chi connectivity index (χ1) is 9.71. The van der Waals surface area contributed by atoms with E-state index in [0.29, 0.717) is 11.5 Å². The highest BCUT2D eigenvalue weighted by molar-refractivity contribution is 5.19. The highest BCUT2D eigenvalue weighted by atomic mass is 16.5. The Labute approximate surface area is 122 Å². The fraction of sp³-hybridized carbons (Fsp3) is 0.556. The third-order valence-electron chi connectivity index (χ3n) is 4.81. The molecule has 1 aromatic carbocycles. The summed E-state index contributed by atoms with van der Waals surface area (Å²) in [6.45, 7) is 9.53. The van der Waals surface area contributed by atoms with E-state index in [9.17, 15) is 0 Å². The summed E-state index contributed by atoms with van der Waals surface area (Å²) in [5, 5.41) is 0. The van der Waals surface area contributed by atoms with Crippen LogP contribution in [0.25, 0.3) is 0 Å². The Morgan fingerprint density at radius 1 is 1.35 bits per heavy atom. The van der Waals surface area contributed by atoms with Crippen LogP contribution in [-0.4, -0.2) is 30.6 Å². The van der Waals surface area contributed by atoms with Gasteiger partial charge in [0.2, 0.25) is 0 Å². The summed E-state index contributed by atoms with van der Waals surface area (Å²) >= 11 is 0. The largest absolute Gasteiger partial charge is 0.371 e. The van der Waals surface area contributed by atoms with Gasteiger partial charge in [0.05, 0.1) is 12.2 Å². The van der Waals surface area contributed by atoms with E-state index in [-0.39, 0.29) is 6.10 Å². The van der Waals surface area contributed by atoms with Crippen molar-refractivity contribution in [2.24, 2.45) is 5.41 Å². The molecule has 3 rings (SSSR count). The summed E-state index contributed by atoms with van der Waals surface area (Å²) in [5.74, 6) is 0. The molecular weight excluding hydrogens is 246 g/mol. The lowest BCUT2D eigenvalue weighted by atomic mass is 9.74. The van der Waals surface area contributed by atoms with E-state index < -0.39 is 0 Å². The average molecular weight is 271 g/mol. The Hall–Kier alpha value is -1.12. The van der Waals surface area contributed by atoms with Gasteiger partial charge in [0.1, 0.15) is 0 Å². The molecule has 3 atom stereocenters. The van der Waals surface area contributed by atoms with E-state index in [0.717, 1.165) is 13.0 Å². The smallest absolute Gasteiger partial charge is 0.0834 e. The molecule has 0 amide bonds. The molecule has 0 saturated carbocycles. The van der Waals surface area contributed by atoms with Crippen LogP contribution in [0.3, 0.4) is 0 Å². The van der Waals surface area contributed by atoms with Gasteiger partial charge in [-0.1, -0.05) is 36.4 Å². The maximum atomic E-state index is 6.22. The highest BCUT2D eigenvalue weighted by Gasteiger charge is 2.44. The van der Waals surface area contributed by atoms with Gasteiger partial charge < -0.3 is 4.74 Å². The molecule has 0 aliphatic carbocycles. The molecule has 1 aromatic rings. The van der Waals surface area contributed by atoms with Crippen LogP contribution in [0.4, 0.5) is 0 Å². The van der Waals surface area contributed by atoms with Gasteiger partial charge in [-0.05, 0) is 43.7 Å². The average Bonchev–Trinajstić information content (AvgIpc) is 2.81. The van der Waals surface area contributed by atoms with Crippen molar-refractivity contribution < 1.29 is 4.74 Å². The van der Waals surface area contributed by atoms with Crippen molar-refractivity contribution in [3.8, 4) is 0 Å². The second-order valence-electron chi connectivity index (χ2n) is 6.53. The van der Waals surface area contributed by atoms with Crippen LogP contribution < -0.4 is 0 Å². The predicted molar refractivity (Wildman–Crippen MR) is 82.7 cm³/mol. The van der Waals surface area contributed by atoms with E-state index in [4.69, 9.17) is 4.74 Å². The third-order valence-corrected chi connectivity index (χ3v) is 4.81. The number of benzene rings is 1. The van der Waals surface area contributed by atoms with Crippen LogP contribution in [-0.2, 0) is 4.74 Å². The normalized spacial score (nSPS) is 34.5. The monoisotopic (exact) mass is 271 g/mol. The highest BCUT2D eigenvalue weighted by Crippen LogP contribution is 2.48. The number of hydrogen-bond donors (Lipinski definition) is 0. The molecule has 20 heavy (non-hydrogen) atoms. The molecule has 2 saturated heterocycles. The summed E-state index contributed by atoms with van der Waals surface area (Å²) < 4.78 is 6.22. The molecule has 2 nitrogen and oxygen atoms in total. The molecule has 0 N–H and O–H groups in total. The van der Waals surface area contributed by atoms with Crippen molar-refractivity contribution in [2.75, 3.05) is 19.6 Å². The van der Waals surface area contributed by atoms with Crippen LogP contribution in [0, 0.1) is 5.41 Å². The Morgan fingerprint density at radius 3 is 2.90 bits per heavy atom. The number of rotatable bonds is 3. The van der Waals surface area contributed by atoms with Crippen LogP contribution >= 0.6 is 0 Å². The lowest BCUT2D eigenvalue weighted by Crippen LogP contribution is -2.38. The molecule has 0 radical (unpaired) electrons. The van der Waals surface area contributed by atoms with Gasteiger partial charge in [-0.15, -0.1) is 6.58 Å². The van der Waals surface area contributed by atoms with Gasteiger partial charge >= 0.3 is 0 Å². The fourth-order valence-corrected chi connectivity index (χ4v) is 4.03. The van der Waals surface area contributed by atoms with Crippen molar-refractivity contribution in [3.05, 3.63) is 48.6 Å². The zero-order valence-corrected chi connectivity index (χ0v) is 12.4. The zero-order valence-electron chi connectivity index (χ0n) is 12.4. The minimum absolute atomic E-state index is 0.267. The maximum absolute atomic E-state index is 6.22. The van der Waals surface area contributed by atoms with Gasteiger partial charge in [0, 0.05) is 13.1 Å². The molecule has 2 fully saturated rings. The number of nitrogens with zero attached hydrogens (tertiary/aromatic N) is 1. The van der Waals surface area contributed by atoms with Crippen molar-refractivity contribution in [2.45, 2.75) is 38.4 Å². The number of hydrogen-bond acceptors (Lipinski definition) is 2. The molecule has 2 aliphatic heterocycles. The molecule has 2 heteroatoms. The predicted octanol–water partition coefficient (Wildman–Crippen LogP) is 3.80. The van der Waals surface area contributed by atoms with Crippen molar-refractivity contribution >= 4 is 0 Å². The summed E-state index contributed by atoms with van der Waals surface area (Å²) in [4.78, 5) is 2.53. The van der Waals surface area contributed by atoms with E-state index >= 15 is 0 Å². The Bertz CT molecular complexity index is 458. The second kappa shape index (κ2) is 5.71. The van der Waals surface area contributed by atoms with Crippen LogP contribution in [0.5, 0.6) is 0 Å². The topological polar surface area (TPSA) is 12.5 Å². The minimum atomic E-state index is 0.267. The summed E-state index contributed by atoms with van der Waals surface area (Å²) in [7, 11) is 0. The van der Waals surface area contributed by atoms with Gasteiger partial charge in [-0.25, -0.2) is 0 Å². The molecule has 0 unspecified atom stereocenters. The Kier molecular flexibility index (Phi) is 3.95. The molecule has 1 spiro atoms. The van der Waals surface area contributed by atoms with Crippen molar-refractivity contribution in [1.29, 1.82) is 0 Å². The number of ether oxygens (including phenoxy) is 1. The van der Waals surface area contributed by atoms with Gasteiger partial charge in [-0.2, -0.15) is 0 Å². The third kappa shape index (κ3) is 2.82. The summed E-state index contributed by atoms with van der Waals surface area (Å²) in [5.41, 5.74) is 1.78. The quantitative estimate of drug-likeness (QED) is 0.775. The van der Waals surface area contributed by atoms with E-state index in [1.165, 1.54) is 31.5 Å². The Morgan fingerprint density at radius 2 is 2.15 bits per heavy atom. The van der Waals surface area contributed by atoms with Crippen molar-refractivity contribution in [3.63, 3.8) is 0 Å². The molecule has 2 aliphatic rings. The lowest BCUT2D eigenvalue weighted by Gasteiger charge is -2.41. The Balaban J connectivity index is 1.75. The van der Waals surface area contributed by atoms with Crippen LogP contribution in [0.1, 0.15) is 37.9 Å². The second-order valence-corrected chi connectivity index (χ2v) is 6.53. The van der Waals surface area contributed by atoms with E-state index in [1.54, 1.807) is 0 Å². The van der Waals surface area contributed by atoms with Crippen molar-refractivity contribution in [1.82, 2.24) is 4.90 Å².